The van der Waals surface area contributed by atoms with Gasteiger partial charge >= 0.3 is 0 Å². The third kappa shape index (κ3) is 3.53. The third-order valence-corrected chi connectivity index (χ3v) is 5.87. The zero-order valence-corrected chi connectivity index (χ0v) is 13.7. The van der Waals surface area contributed by atoms with E-state index < -0.39 is 21.2 Å². The summed E-state index contributed by atoms with van der Waals surface area (Å²) < 4.78 is 24.4. The predicted molar refractivity (Wildman–Crippen MR) is 75.8 cm³/mol. The second-order valence-electron chi connectivity index (χ2n) is 4.10. The molecule has 3 nitrogen and oxygen atoms in total. The van der Waals surface area contributed by atoms with Crippen LogP contribution >= 0.6 is 31.9 Å². The van der Waals surface area contributed by atoms with E-state index in [0.29, 0.717) is 10.0 Å². The quantitative estimate of drug-likeness (QED) is 0.869. The van der Waals surface area contributed by atoms with Gasteiger partial charge in [-0.05, 0) is 37.1 Å². The van der Waals surface area contributed by atoms with E-state index in [1.54, 1.807) is 6.07 Å². The molecule has 2 unspecified atom stereocenters. The van der Waals surface area contributed by atoms with Gasteiger partial charge in [0.1, 0.15) is 0 Å². The van der Waals surface area contributed by atoms with Crippen molar-refractivity contribution in [3.63, 3.8) is 0 Å². The third-order valence-electron chi connectivity index (χ3n) is 2.72. The van der Waals surface area contributed by atoms with Crippen molar-refractivity contribution < 1.29 is 13.5 Å². The van der Waals surface area contributed by atoms with Gasteiger partial charge in [-0.1, -0.05) is 31.9 Å². The number of rotatable bonds is 3. The van der Waals surface area contributed by atoms with Crippen LogP contribution in [0, 0.1) is 6.92 Å². The molecule has 0 bridgehead atoms. The summed E-state index contributed by atoms with van der Waals surface area (Å²) in [5.74, 6) is 0. The molecule has 0 aliphatic carbocycles. The maximum Gasteiger partial charge on any atom is 0.152 e. The molecule has 0 aliphatic heterocycles. The molecule has 1 aromatic carbocycles. The lowest BCUT2D eigenvalue weighted by atomic mass is 10.1. The molecule has 0 amide bonds. The molecular weight excluding hydrogens is 372 g/mol. The van der Waals surface area contributed by atoms with Gasteiger partial charge in [-0.3, -0.25) is 0 Å². The van der Waals surface area contributed by atoms with E-state index in [1.165, 1.54) is 6.92 Å². The molecule has 17 heavy (non-hydrogen) atoms. The fraction of sp³-hybridized carbons (Fsp3) is 0.455. The molecule has 0 heterocycles. The molecule has 0 spiro atoms. The van der Waals surface area contributed by atoms with E-state index in [1.807, 2.05) is 13.0 Å². The molecule has 6 heteroatoms. The minimum atomic E-state index is -3.28. The largest absolute Gasteiger partial charge is 0.387 e. The first-order chi connectivity index (χ1) is 7.64. The SMILES string of the molecule is Cc1cc(Br)c(C(O)C(C)S(C)(=O)=O)cc1Br. The van der Waals surface area contributed by atoms with Crippen LogP contribution in [0.4, 0.5) is 0 Å². The zero-order valence-electron chi connectivity index (χ0n) is 9.74. The Bertz CT molecular complexity index is 526. The summed E-state index contributed by atoms with van der Waals surface area (Å²) in [6.45, 7) is 3.42. The Morgan fingerprint density at radius 3 is 2.24 bits per heavy atom. The van der Waals surface area contributed by atoms with Crippen LogP contribution in [-0.2, 0) is 9.84 Å². The van der Waals surface area contributed by atoms with E-state index in [0.717, 1.165) is 16.3 Å². The van der Waals surface area contributed by atoms with Crippen LogP contribution in [0.1, 0.15) is 24.2 Å². The Morgan fingerprint density at radius 2 is 1.76 bits per heavy atom. The van der Waals surface area contributed by atoms with Crippen LogP contribution in [0.5, 0.6) is 0 Å². The first-order valence-corrected chi connectivity index (χ1v) is 8.51. The van der Waals surface area contributed by atoms with Gasteiger partial charge < -0.3 is 5.11 Å². The normalized spacial score (nSPS) is 15.6. The number of aliphatic hydroxyl groups is 1. The van der Waals surface area contributed by atoms with Crippen molar-refractivity contribution in [2.75, 3.05) is 6.26 Å². The van der Waals surface area contributed by atoms with E-state index in [2.05, 4.69) is 31.9 Å². The van der Waals surface area contributed by atoms with Crippen molar-refractivity contribution >= 4 is 41.7 Å². The van der Waals surface area contributed by atoms with Crippen molar-refractivity contribution in [1.82, 2.24) is 0 Å². The molecule has 0 saturated carbocycles. The first-order valence-electron chi connectivity index (χ1n) is 4.97. The summed E-state index contributed by atoms with van der Waals surface area (Å²) in [6, 6.07) is 3.59. The van der Waals surface area contributed by atoms with Crippen LogP contribution in [0.3, 0.4) is 0 Å². The van der Waals surface area contributed by atoms with Gasteiger partial charge in [0.2, 0.25) is 0 Å². The molecule has 0 radical (unpaired) electrons. The lowest BCUT2D eigenvalue weighted by Crippen LogP contribution is -2.24. The van der Waals surface area contributed by atoms with Crippen LogP contribution in [0.25, 0.3) is 0 Å². The number of aryl methyl sites for hydroxylation is 1. The Morgan fingerprint density at radius 1 is 1.24 bits per heavy atom. The molecule has 1 rings (SSSR count). The molecule has 1 aromatic rings. The minimum absolute atomic E-state index is 0.570. The number of hydrogen-bond acceptors (Lipinski definition) is 3. The van der Waals surface area contributed by atoms with Gasteiger partial charge in [0, 0.05) is 15.2 Å². The Hall–Kier alpha value is 0.0900. The number of benzene rings is 1. The summed E-state index contributed by atoms with van der Waals surface area (Å²) in [6.07, 6.45) is 0.0779. The monoisotopic (exact) mass is 384 g/mol. The summed E-state index contributed by atoms with van der Waals surface area (Å²) in [5, 5.41) is 9.25. The lowest BCUT2D eigenvalue weighted by molar-refractivity contribution is 0.175. The molecular formula is C11H14Br2O3S. The van der Waals surface area contributed by atoms with Gasteiger partial charge in [0.25, 0.3) is 0 Å². The summed E-state index contributed by atoms with van der Waals surface area (Å²) >= 11 is 6.71. The van der Waals surface area contributed by atoms with Crippen LogP contribution in [0.15, 0.2) is 21.1 Å². The Kier molecular flexibility index (Phi) is 4.80. The number of hydrogen-bond donors (Lipinski definition) is 1. The maximum atomic E-state index is 11.4. The molecule has 2 atom stereocenters. The highest BCUT2D eigenvalue weighted by Crippen LogP contribution is 2.32. The second kappa shape index (κ2) is 5.38. The molecule has 0 aliphatic rings. The van der Waals surface area contributed by atoms with Crippen molar-refractivity contribution in [2.45, 2.75) is 25.2 Å². The minimum Gasteiger partial charge on any atom is -0.387 e. The van der Waals surface area contributed by atoms with Crippen LogP contribution in [-0.4, -0.2) is 25.0 Å². The highest BCUT2D eigenvalue weighted by molar-refractivity contribution is 9.11. The predicted octanol–water partition coefficient (Wildman–Crippen LogP) is 2.99. The van der Waals surface area contributed by atoms with E-state index in [9.17, 15) is 13.5 Å². The Balaban J connectivity index is 3.22. The summed E-state index contributed by atoms with van der Waals surface area (Å²) in [4.78, 5) is 0. The molecule has 0 aromatic heterocycles. The van der Waals surface area contributed by atoms with Crippen LogP contribution < -0.4 is 0 Å². The molecule has 96 valence electrons. The average Bonchev–Trinajstić information content (AvgIpc) is 2.20. The van der Waals surface area contributed by atoms with Crippen molar-refractivity contribution in [2.24, 2.45) is 0 Å². The van der Waals surface area contributed by atoms with E-state index in [-0.39, 0.29) is 0 Å². The topological polar surface area (TPSA) is 54.4 Å². The van der Waals surface area contributed by atoms with Gasteiger partial charge in [0.05, 0.1) is 11.4 Å². The van der Waals surface area contributed by atoms with Gasteiger partial charge in [0.15, 0.2) is 9.84 Å². The zero-order chi connectivity index (χ0) is 13.4. The highest BCUT2D eigenvalue weighted by Gasteiger charge is 2.27. The molecule has 0 fully saturated rings. The number of sulfone groups is 1. The Labute approximate surface area is 118 Å². The van der Waals surface area contributed by atoms with E-state index in [4.69, 9.17) is 0 Å². The van der Waals surface area contributed by atoms with Crippen molar-refractivity contribution in [1.29, 1.82) is 0 Å². The molecule has 1 N–H and O–H groups in total. The second-order valence-corrected chi connectivity index (χ2v) is 8.21. The smallest absolute Gasteiger partial charge is 0.152 e. The lowest BCUT2D eigenvalue weighted by Gasteiger charge is -2.19. The first kappa shape index (κ1) is 15.1. The average molecular weight is 386 g/mol. The number of aliphatic hydroxyl groups excluding tert-OH is 1. The van der Waals surface area contributed by atoms with Gasteiger partial charge in [-0.15, -0.1) is 0 Å². The van der Waals surface area contributed by atoms with Crippen molar-refractivity contribution in [3.8, 4) is 0 Å². The molecule has 0 saturated heterocycles. The van der Waals surface area contributed by atoms with E-state index >= 15 is 0 Å². The number of halogens is 2. The van der Waals surface area contributed by atoms with Gasteiger partial charge in [-0.25, -0.2) is 8.42 Å². The van der Waals surface area contributed by atoms with Crippen molar-refractivity contribution in [3.05, 3.63) is 32.2 Å². The maximum absolute atomic E-state index is 11.4. The fourth-order valence-electron chi connectivity index (χ4n) is 1.38. The highest BCUT2D eigenvalue weighted by atomic mass is 79.9. The van der Waals surface area contributed by atoms with Gasteiger partial charge in [-0.2, -0.15) is 0 Å². The summed E-state index contributed by atoms with van der Waals surface area (Å²) in [7, 11) is -3.28. The summed E-state index contributed by atoms with van der Waals surface area (Å²) in [5.41, 5.74) is 1.58. The fourth-order valence-corrected chi connectivity index (χ4v) is 3.04. The van der Waals surface area contributed by atoms with Crippen LogP contribution in [0.2, 0.25) is 0 Å². The standard InChI is InChI=1S/C11H14Br2O3S/c1-6-4-10(13)8(5-9(6)12)11(14)7(2)17(3,15)16/h4-5,7,11,14H,1-3H3.